The Kier molecular flexibility index (Phi) is 10.9. The summed E-state index contributed by atoms with van der Waals surface area (Å²) in [6, 6.07) is 6.01. The zero-order valence-electron chi connectivity index (χ0n) is 33.9. The van der Waals surface area contributed by atoms with Crippen LogP contribution in [-0.2, 0) is 32.3 Å². The Hall–Kier alpha value is -5.77. The number of halogens is 1. The van der Waals surface area contributed by atoms with Crippen LogP contribution < -0.4 is 20.1 Å². The fraction of sp³-hybridized carbons (Fsp3) is 0.476. The molecule has 4 N–H and O–H groups in total. The van der Waals surface area contributed by atoms with Gasteiger partial charge in [0.2, 0.25) is 11.8 Å². The Bertz CT molecular complexity index is 2250. The molecule has 0 saturated carbocycles. The Morgan fingerprint density at radius 2 is 1.27 bits per heavy atom. The molecular weight excluding hydrogens is 780 g/mol. The van der Waals surface area contributed by atoms with Gasteiger partial charge < -0.3 is 49.3 Å². The number of hydrogen-bond acceptors (Lipinski definition) is 10. The van der Waals surface area contributed by atoms with Gasteiger partial charge in [-0.25, -0.2) is 19.6 Å². The van der Waals surface area contributed by atoms with Crippen molar-refractivity contribution >= 4 is 35.6 Å². The maximum atomic E-state index is 13.7. The van der Waals surface area contributed by atoms with E-state index >= 15 is 0 Å². The van der Waals surface area contributed by atoms with E-state index in [-0.39, 0.29) is 40.9 Å². The van der Waals surface area contributed by atoms with E-state index < -0.39 is 24.3 Å². The molecule has 6 heterocycles. The highest BCUT2D eigenvalue weighted by Gasteiger charge is 2.40. The second-order valence-electron chi connectivity index (χ2n) is 16.2. The Labute approximate surface area is 346 Å². The number of carbonyl (C=O) groups is 4. The number of rotatable bonds is 10. The number of benzene rings is 2. The van der Waals surface area contributed by atoms with E-state index in [0.717, 1.165) is 64.1 Å². The van der Waals surface area contributed by atoms with Crippen molar-refractivity contribution in [3.8, 4) is 45.1 Å². The van der Waals surface area contributed by atoms with Crippen LogP contribution in [0.3, 0.4) is 0 Å². The molecular formula is C42H49ClN8O8. The van der Waals surface area contributed by atoms with Gasteiger partial charge in [0.1, 0.15) is 48.4 Å². The summed E-state index contributed by atoms with van der Waals surface area (Å²) in [4.78, 5) is 71.3. The molecule has 2 saturated heterocycles. The fourth-order valence-electron chi connectivity index (χ4n) is 8.74. The van der Waals surface area contributed by atoms with Crippen LogP contribution in [0.1, 0.15) is 88.2 Å². The Morgan fingerprint density at radius 1 is 0.763 bits per heavy atom. The van der Waals surface area contributed by atoms with Gasteiger partial charge in [-0.3, -0.25) is 9.59 Å². The zero-order chi connectivity index (χ0) is 41.7. The van der Waals surface area contributed by atoms with Gasteiger partial charge in [-0.2, -0.15) is 0 Å². The van der Waals surface area contributed by atoms with Gasteiger partial charge in [-0.05, 0) is 61.8 Å². The van der Waals surface area contributed by atoms with Crippen LogP contribution in [-0.4, -0.2) is 93.1 Å². The van der Waals surface area contributed by atoms with Gasteiger partial charge >= 0.3 is 12.2 Å². The summed E-state index contributed by atoms with van der Waals surface area (Å²) >= 11 is 6.81. The number of aromatic nitrogens is 4. The number of alkyl carbamates (subject to hydrolysis) is 2. The fourth-order valence-corrected chi connectivity index (χ4v) is 8.98. The first kappa shape index (κ1) is 40.0. The van der Waals surface area contributed by atoms with Crippen LogP contribution in [0.5, 0.6) is 11.5 Å². The number of ether oxygens (including phenoxy) is 4. The monoisotopic (exact) mass is 828 g/mol. The van der Waals surface area contributed by atoms with Gasteiger partial charge in [-0.1, -0.05) is 39.3 Å². The number of hydrogen-bond donors (Lipinski definition) is 4. The summed E-state index contributed by atoms with van der Waals surface area (Å²) in [5, 5.41) is 5.66. The molecule has 16 nitrogen and oxygen atoms in total. The molecule has 2 fully saturated rings. The SMILES string of the molecule is COC(=O)N[C@H](C(=O)N1CCC[C@H]1c1ncc(-c2cc3c4c(c2)OCc2cc(-c5[nH]c([C@@H]6CCCN6C(=O)[C@@H](NC(=O)OC)C(C)C)nc5Cl)cc(c2-4)OC3)[nH]1)C(C)C. The van der Waals surface area contributed by atoms with E-state index in [4.69, 9.17) is 35.5 Å². The molecule has 4 amide bonds. The van der Waals surface area contributed by atoms with E-state index in [1.54, 1.807) is 16.0 Å². The molecule has 0 bridgehead atoms. The quantitative estimate of drug-likeness (QED) is 0.134. The minimum absolute atomic E-state index is 0.132. The predicted octanol–water partition coefficient (Wildman–Crippen LogP) is 6.66. The number of carbonyl (C=O) groups excluding carboxylic acids is 4. The third kappa shape index (κ3) is 7.42. The highest BCUT2D eigenvalue weighted by molar-refractivity contribution is 6.32. The summed E-state index contributed by atoms with van der Waals surface area (Å²) in [6.45, 7) is 9.24. The van der Waals surface area contributed by atoms with Crippen LogP contribution in [0.15, 0.2) is 30.5 Å². The highest BCUT2D eigenvalue weighted by Crippen LogP contribution is 2.51. The summed E-state index contributed by atoms with van der Waals surface area (Å²) in [5.74, 6) is 2.04. The number of nitrogens with zero attached hydrogens (tertiary/aromatic N) is 4. The van der Waals surface area contributed by atoms with Crippen LogP contribution in [0, 0.1) is 11.8 Å². The summed E-state index contributed by atoms with van der Waals surface area (Å²) in [5.41, 5.74) is 6.91. The molecule has 2 aromatic heterocycles. The number of aromatic amines is 2. The average Bonchev–Trinajstić information content (AvgIpc) is 4.06. The molecule has 0 spiro atoms. The average molecular weight is 829 g/mol. The molecule has 2 aromatic carbocycles. The maximum Gasteiger partial charge on any atom is 0.407 e. The summed E-state index contributed by atoms with van der Waals surface area (Å²) in [7, 11) is 2.56. The zero-order valence-corrected chi connectivity index (χ0v) is 34.7. The third-order valence-electron chi connectivity index (χ3n) is 11.7. The van der Waals surface area contributed by atoms with Crippen molar-refractivity contribution in [2.75, 3.05) is 27.3 Å². The Morgan fingerprint density at radius 3 is 1.80 bits per heavy atom. The van der Waals surface area contributed by atoms with Crippen molar-refractivity contribution in [1.29, 1.82) is 0 Å². The largest absolute Gasteiger partial charge is 0.488 e. The molecule has 8 rings (SSSR count). The van der Waals surface area contributed by atoms with Crippen LogP contribution in [0.2, 0.25) is 5.15 Å². The van der Waals surface area contributed by atoms with Gasteiger partial charge in [-0.15, -0.1) is 0 Å². The van der Waals surface area contributed by atoms with Crippen LogP contribution in [0.4, 0.5) is 9.59 Å². The Balaban J connectivity index is 1.03. The minimum Gasteiger partial charge on any atom is -0.488 e. The number of methoxy groups -OCH3 is 2. The van der Waals surface area contributed by atoms with Gasteiger partial charge in [0.15, 0.2) is 5.15 Å². The van der Waals surface area contributed by atoms with E-state index in [0.29, 0.717) is 55.8 Å². The van der Waals surface area contributed by atoms with Crippen molar-refractivity contribution in [2.45, 2.75) is 90.8 Å². The number of imidazole rings is 2. The van der Waals surface area contributed by atoms with E-state index in [9.17, 15) is 19.2 Å². The van der Waals surface area contributed by atoms with E-state index in [1.165, 1.54) is 14.2 Å². The van der Waals surface area contributed by atoms with Crippen molar-refractivity contribution in [1.82, 2.24) is 40.4 Å². The highest BCUT2D eigenvalue weighted by atomic mass is 35.5. The number of nitrogens with one attached hydrogen (secondary N) is 4. The van der Waals surface area contributed by atoms with Gasteiger partial charge in [0.05, 0.1) is 43.9 Å². The van der Waals surface area contributed by atoms with Crippen molar-refractivity contribution in [3.05, 3.63) is 58.4 Å². The predicted molar refractivity (Wildman–Crippen MR) is 216 cm³/mol. The second-order valence-corrected chi connectivity index (χ2v) is 16.5. The first-order chi connectivity index (χ1) is 28.4. The third-order valence-corrected chi connectivity index (χ3v) is 12.0. The van der Waals surface area contributed by atoms with E-state index in [2.05, 4.69) is 31.7 Å². The standard InChI is InChI=1S/C42H49ClN8O8/c1-20(2)33(47-41(54)56-5)39(52)50-11-7-9-27(50)37-44-17-26(45-37)22-13-24-18-59-30-16-23(14-25-19-58-29(15-22)31(24)32(25)30)35-36(43)49-38(46-35)28-10-8-12-51(28)40(53)34(21(3)4)48-42(55)57-6/h13-17,20-21,27-28,33-34H,7-12,18-19H2,1-6H3,(H,44,45)(H,46,49)(H,47,54)(H,48,55)/t27-,28-,33-,34-/m0/s1. The molecule has 4 aromatic rings. The number of H-pyrrole nitrogens is 2. The molecule has 4 aliphatic rings. The lowest BCUT2D eigenvalue weighted by Crippen LogP contribution is -2.51. The van der Waals surface area contributed by atoms with Crippen molar-refractivity contribution in [3.63, 3.8) is 0 Å². The molecule has 0 radical (unpaired) electrons. The lowest BCUT2D eigenvalue weighted by atomic mass is 9.87. The van der Waals surface area contributed by atoms with Crippen molar-refractivity contribution in [2.24, 2.45) is 11.8 Å². The number of amides is 4. The van der Waals surface area contributed by atoms with Gasteiger partial charge in [0, 0.05) is 46.5 Å². The molecule has 312 valence electrons. The molecule has 59 heavy (non-hydrogen) atoms. The first-order valence-corrected chi connectivity index (χ1v) is 20.4. The molecule has 0 unspecified atom stereocenters. The summed E-state index contributed by atoms with van der Waals surface area (Å²) in [6.07, 6.45) is 3.52. The molecule has 17 heteroatoms. The molecule has 4 atom stereocenters. The normalized spacial score (nSPS) is 18.9. The second kappa shape index (κ2) is 16.1. The lowest BCUT2D eigenvalue weighted by Gasteiger charge is -2.30. The first-order valence-electron chi connectivity index (χ1n) is 20.1. The van der Waals surface area contributed by atoms with Crippen molar-refractivity contribution < 1.29 is 38.1 Å². The van der Waals surface area contributed by atoms with E-state index in [1.807, 2.05) is 45.9 Å². The smallest absolute Gasteiger partial charge is 0.407 e. The minimum atomic E-state index is -0.748. The number of likely N-dealkylation sites (tertiary alicyclic amines) is 2. The van der Waals surface area contributed by atoms with Crippen LogP contribution in [0.25, 0.3) is 33.6 Å². The molecule has 4 aliphatic heterocycles. The lowest BCUT2D eigenvalue weighted by molar-refractivity contribution is -0.136. The summed E-state index contributed by atoms with van der Waals surface area (Å²) < 4.78 is 22.4. The maximum absolute atomic E-state index is 13.7. The van der Waals surface area contributed by atoms with Gasteiger partial charge in [0.25, 0.3) is 0 Å². The topological polar surface area (TPSA) is 193 Å². The van der Waals surface area contributed by atoms with Crippen LogP contribution >= 0.6 is 11.6 Å². The molecule has 0 aliphatic carbocycles.